The van der Waals surface area contributed by atoms with E-state index in [9.17, 15) is 9.59 Å². The summed E-state index contributed by atoms with van der Waals surface area (Å²) in [6, 6.07) is 4.04. The van der Waals surface area contributed by atoms with Gasteiger partial charge < -0.3 is 14.9 Å². The first-order valence-electron chi connectivity index (χ1n) is 5.24. The highest BCUT2D eigenvalue weighted by atomic mass is 35.5. The van der Waals surface area contributed by atoms with Crippen LogP contribution in [0.4, 0.5) is 5.69 Å². The summed E-state index contributed by atoms with van der Waals surface area (Å²) in [5.41, 5.74) is 0.505. The zero-order valence-electron chi connectivity index (χ0n) is 9.81. The molecule has 98 valence electrons. The number of carboxylic acid groups (broad SMARTS) is 1. The lowest BCUT2D eigenvalue weighted by Gasteiger charge is -2.07. The molecular weight excluding hydrogens is 272 g/mol. The highest BCUT2D eigenvalue weighted by molar-refractivity contribution is 6.34. The average Bonchev–Trinajstić information content (AvgIpc) is 2.78. The van der Waals surface area contributed by atoms with Gasteiger partial charge in [-0.3, -0.25) is 4.79 Å². The molecule has 0 saturated carbocycles. The molecule has 0 aliphatic heterocycles. The van der Waals surface area contributed by atoms with Crippen LogP contribution in [0.2, 0.25) is 5.02 Å². The normalized spacial score (nSPS) is 10.2. The van der Waals surface area contributed by atoms with Crippen LogP contribution in [0.5, 0.6) is 0 Å². The van der Waals surface area contributed by atoms with E-state index in [1.807, 2.05) is 0 Å². The molecule has 0 fully saturated rings. The van der Waals surface area contributed by atoms with E-state index in [0.29, 0.717) is 5.76 Å². The van der Waals surface area contributed by atoms with Gasteiger partial charge in [-0.1, -0.05) is 16.8 Å². The van der Waals surface area contributed by atoms with Crippen molar-refractivity contribution in [3.8, 4) is 0 Å². The van der Waals surface area contributed by atoms with Gasteiger partial charge in [0, 0.05) is 0 Å². The third kappa shape index (κ3) is 2.74. The van der Waals surface area contributed by atoms with E-state index in [2.05, 4.69) is 10.5 Å². The van der Waals surface area contributed by atoms with Crippen LogP contribution in [-0.4, -0.2) is 22.1 Å². The summed E-state index contributed by atoms with van der Waals surface area (Å²) in [5.74, 6) is -1.21. The van der Waals surface area contributed by atoms with Crippen molar-refractivity contribution in [2.75, 3.05) is 5.32 Å². The molecular formula is C12H9ClN2O4. The predicted octanol–water partition coefficient (Wildman–Crippen LogP) is 2.59. The number of hydrogen-bond acceptors (Lipinski definition) is 4. The number of rotatable bonds is 3. The molecule has 0 saturated heterocycles. The molecule has 6 nitrogen and oxygen atoms in total. The topological polar surface area (TPSA) is 92.4 Å². The van der Waals surface area contributed by atoms with Crippen molar-refractivity contribution in [2.24, 2.45) is 0 Å². The van der Waals surface area contributed by atoms with E-state index in [0.717, 1.165) is 0 Å². The Balaban J connectivity index is 2.28. The van der Waals surface area contributed by atoms with E-state index < -0.39 is 11.9 Å². The van der Waals surface area contributed by atoms with Crippen LogP contribution in [-0.2, 0) is 0 Å². The lowest BCUT2D eigenvalue weighted by Crippen LogP contribution is -2.13. The van der Waals surface area contributed by atoms with Crippen LogP contribution in [0, 0.1) is 6.92 Å². The van der Waals surface area contributed by atoms with E-state index in [1.54, 1.807) is 6.92 Å². The summed E-state index contributed by atoms with van der Waals surface area (Å²) in [6.45, 7) is 1.59. The minimum Gasteiger partial charge on any atom is -0.478 e. The smallest absolute Gasteiger partial charge is 0.335 e. The van der Waals surface area contributed by atoms with Gasteiger partial charge in [0.1, 0.15) is 11.3 Å². The van der Waals surface area contributed by atoms with Crippen molar-refractivity contribution < 1.29 is 19.2 Å². The number of amides is 1. The molecule has 1 amide bonds. The first kappa shape index (κ1) is 13.1. The molecule has 7 heteroatoms. The lowest BCUT2D eigenvalue weighted by atomic mass is 10.2. The van der Waals surface area contributed by atoms with Crippen LogP contribution in [0.25, 0.3) is 0 Å². The van der Waals surface area contributed by atoms with Crippen molar-refractivity contribution in [2.45, 2.75) is 6.92 Å². The SMILES string of the molecule is Cc1oncc1C(=O)Nc1cc(C(=O)O)ccc1Cl. The maximum absolute atomic E-state index is 11.9. The van der Waals surface area contributed by atoms with Crippen molar-refractivity contribution in [3.05, 3.63) is 46.3 Å². The highest BCUT2D eigenvalue weighted by Crippen LogP contribution is 2.24. The minimum atomic E-state index is -1.10. The molecule has 0 spiro atoms. The van der Waals surface area contributed by atoms with Crippen LogP contribution < -0.4 is 5.32 Å². The predicted molar refractivity (Wildman–Crippen MR) is 67.6 cm³/mol. The maximum atomic E-state index is 11.9. The zero-order valence-corrected chi connectivity index (χ0v) is 10.6. The largest absolute Gasteiger partial charge is 0.478 e. The fraction of sp³-hybridized carbons (Fsp3) is 0.0833. The molecule has 2 rings (SSSR count). The fourth-order valence-electron chi connectivity index (χ4n) is 1.46. The highest BCUT2D eigenvalue weighted by Gasteiger charge is 2.15. The lowest BCUT2D eigenvalue weighted by molar-refractivity contribution is 0.0696. The number of benzene rings is 1. The second-order valence-corrected chi connectivity index (χ2v) is 4.16. The number of carbonyl (C=O) groups excluding carboxylic acids is 1. The minimum absolute atomic E-state index is 0.0294. The Kier molecular flexibility index (Phi) is 3.52. The van der Waals surface area contributed by atoms with Gasteiger partial charge in [0.05, 0.1) is 22.5 Å². The molecule has 1 aromatic heterocycles. The van der Waals surface area contributed by atoms with Gasteiger partial charge in [0.25, 0.3) is 5.91 Å². The summed E-state index contributed by atoms with van der Waals surface area (Å²) < 4.78 is 4.78. The van der Waals surface area contributed by atoms with Gasteiger partial charge in [-0.05, 0) is 25.1 Å². The van der Waals surface area contributed by atoms with Gasteiger partial charge in [-0.2, -0.15) is 0 Å². The third-order valence-corrected chi connectivity index (χ3v) is 2.79. The molecule has 0 bridgehead atoms. The van der Waals surface area contributed by atoms with Crippen LogP contribution in [0.15, 0.2) is 28.9 Å². The number of halogens is 1. The van der Waals surface area contributed by atoms with Crippen LogP contribution >= 0.6 is 11.6 Å². The fourth-order valence-corrected chi connectivity index (χ4v) is 1.63. The van der Waals surface area contributed by atoms with Gasteiger partial charge >= 0.3 is 5.97 Å². The second-order valence-electron chi connectivity index (χ2n) is 3.75. The van der Waals surface area contributed by atoms with Gasteiger partial charge in [0.2, 0.25) is 0 Å². The van der Waals surface area contributed by atoms with Gasteiger partial charge in [-0.25, -0.2) is 4.79 Å². The Hall–Kier alpha value is -2.34. The summed E-state index contributed by atoms with van der Waals surface area (Å²) in [7, 11) is 0. The van der Waals surface area contributed by atoms with E-state index in [-0.39, 0.29) is 21.8 Å². The summed E-state index contributed by atoms with van der Waals surface area (Å²) in [5, 5.41) is 15.1. The number of anilines is 1. The Morgan fingerprint density at radius 2 is 2.16 bits per heavy atom. The number of nitrogens with one attached hydrogen (secondary N) is 1. The summed E-state index contributed by atoms with van der Waals surface area (Å²) in [4.78, 5) is 22.8. The Morgan fingerprint density at radius 3 is 2.74 bits per heavy atom. The van der Waals surface area contributed by atoms with Crippen molar-refractivity contribution in [1.82, 2.24) is 5.16 Å². The number of aromatic carboxylic acids is 1. The molecule has 0 radical (unpaired) electrons. The number of carboxylic acids is 1. The van der Waals surface area contributed by atoms with Crippen LogP contribution in [0.3, 0.4) is 0 Å². The van der Waals surface area contributed by atoms with Crippen LogP contribution in [0.1, 0.15) is 26.5 Å². The molecule has 2 aromatic rings. The second kappa shape index (κ2) is 5.11. The van der Waals surface area contributed by atoms with E-state index in [1.165, 1.54) is 24.4 Å². The van der Waals surface area contributed by atoms with Crippen molar-refractivity contribution in [3.63, 3.8) is 0 Å². The maximum Gasteiger partial charge on any atom is 0.335 e. The monoisotopic (exact) mass is 280 g/mol. The zero-order chi connectivity index (χ0) is 14.0. The summed E-state index contributed by atoms with van der Waals surface area (Å²) in [6.07, 6.45) is 1.28. The first-order valence-corrected chi connectivity index (χ1v) is 5.62. The van der Waals surface area contributed by atoms with Crippen molar-refractivity contribution in [1.29, 1.82) is 0 Å². The molecule has 0 aliphatic rings. The standard InChI is InChI=1S/C12H9ClN2O4/c1-6-8(5-14-19-6)11(16)15-10-4-7(12(17)18)2-3-9(10)13/h2-5H,1H3,(H,15,16)(H,17,18). The summed E-state index contributed by atoms with van der Waals surface area (Å²) >= 11 is 5.90. The third-order valence-electron chi connectivity index (χ3n) is 2.46. The number of aromatic nitrogens is 1. The molecule has 1 aromatic carbocycles. The first-order chi connectivity index (χ1) is 8.99. The quantitative estimate of drug-likeness (QED) is 0.901. The van der Waals surface area contributed by atoms with Gasteiger partial charge in [0.15, 0.2) is 0 Å². The van der Waals surface area contributed by atoms with E-state index in [4.69, 9.17) is 21.2 Å². The average molecular weight is 281 g/mol. The van der Waals surface area contributed by atoms with E-state index >= 15 is 0 Å². The van der Waals surface area contributed by atoms with Gasteiger partial charge in [-0.15, -0.1) is 0 Å². The molecule has 0 atom stereocenters. The Morgan fingerprint density at radius 1 is 1.42 bits per heavy atom. The molecule has 19 heavy (non-hydrogen) atoms. The number of carbonyl (C=O) groups is 2. The Bertz CT molecular complexity index is 651. The number of aryl methyl sites for hydroxylation is 1. The number of nitrogens with zero attached hydrogens (tertiary/aromatic N) is 1. The molecule has 0 unspecified atom stereocenters. The molecule has 2 N–H and O–H groups in total. The molecule has 1 heterocycles. The number of hydrogen-bond donors (Lipinski definition) is 2. The molecule has 0 aliphatic carbocycles. The van der Waals surface area contributed by atoms with Crippen molar-refractivity contribution >= 4 is 29.2 Å². The Labute approximate surface area is 113 Å².